The number of alkyl halides is 3. The summed E-state index contributed by atoms with van der Waals surface area (Å²) < 4.78 is 61.0. The van der Waals surface area contributed by atoms with E-state index >= 15 is 0 Å². The zero-order valence-corrected chi connectivity index (χ0v) is 10.6. The molecule has 5 nitrogen and oxygen atoms in total. The van der Waals surface area contributed by atoms with Gasteiger partial charge in [-0.1, -0.05) is 0 Å². The summed E-state index contributed by atoms with van der Waals surface area (Å²) in [6, 6.07) is 1.05. The molecule has 0 fully saturated rings. The summed E-state index contributed by atoms with van der Waals surface area (Å²) in [5.74, 6) is 0. The molecule has 0 aliphatic rings. The van der Waals surface area contributed by atoms with E-state index in [0.29, 0.717) is 0 Å². The maximum atomic E-state index is 11.9. The van der Waals surface area contributed by atoms with E-state index in [9.17, 15) is 26.4 Å². The first-order valence-corrected chi connectivity index (χ1v) is 6.94. The highest BCUT2D eigenvalue weighted by Crippen LogP contribution is 2.21. The van der Waals surface area contributed by atoms with Crippen LogP contribution in [0.25, 0.3) is 0 Å². The maximum absolute atomic E-state index is 11.9. The van der Waals surface area contributed by atoms with Crippen LogP contribution in [-0.4, -0.2) is 26.1 Å². The van der Waals surface area contributed by atoms with E-state index in [2.05, 4.69) is 9.71 Å². The van der Waals surface area contributed by atoms with E-state index in [0.717, 1.165) is 12.3 Å². The van der Waals surface area contributed by atoms with Crippen molar-refractivity contribution in [2.45, 2.75) is 30.3 Å². The lowest BCUT2D eigenvalue weighted by Crippen LogP contribution is -2.29. The predicted molar refractivity (Wildman–Crippen MR) is 62.2 cm³/mol. The standard InChI is InChI=1S/C10H13F3N2O3S/c11-10(12,13)4-1-2-5-15-19(17,18)9-7-14-6-3-8(9)16/h3,6-7,15H,1-2,4-5H2,(H,14,16). The van der Waals surface area contributed by atoms with Crippen LogP contribution in [0.1, 0.15) is 19.3 Å². The van der Waals surface area contributed by atoms with Gasteiger partial charge >= 0.3 is 6.18 Å². The highest BCUT2D eigenvalue weighted by Gasteiger charge is 2.26. The summed E-state index contributed by atoms with van der Waals surface area (Å²) in [5.41, 5.74) is -0.679. The van der Waals surface area contributed by atoms with E-state index < -0.39 is 32.9 Å². The normalized spacial score (nSPS) is 12.6. The Bertz CT molecular complexity index is 566. The van der Waals surface area contributed by atoms with E-state index in [1.807, 2.05) is 0 Å². The van der Waals surface area contributed by atoms with E-state index in [1.54, 1.807) is 0 Å². The van der Waals surface area contributed by atoms with Gasteiger partial charge in [-0.3, -0.25) is 4.79 Å². The molecule has 0 atom stereocenters. The topological polar surface area (TPSA) is 79.0 Å². The number of aromatic amines is 1. The molecule has 0 aliphatic carbocycles. The Hall–Kier alpha value is -1.35. The molecule has 0 bridgehead atoms. The number of hydrogen-bond donors (Lipinski definition) is 2. The van der Waals surface area contributed by atoms with E-state index in [4.69, 9.17) is 0 Å². The van der Waals surface area contributed by atoms with Crippen molar-refractivity contribution in [1.82, 2.24) is 9.71 Å². The lowest BCUT2D eigenvalue weighted by atomic mass is 10.2. The summed E-state index contributed by atoms with van der Waals surface area (Å²) in [6.07, 6.45) is -3.01. The second-order valence-electron chi connectivity index (χ2n) is 3.84. The average Bonchev–Trinajstić information content (AvgIpc) is 2.27. The number of rotatable bonds is 6. The summed E-state index contributed by atoms with van der Waals surface area (Å²) in [7, 11) is -3.98. The first-order valence-electron chi connectivity index (χ1n) is 5.46. The second kappa shape index (κ2) is 6.20. The molecule has 0 radical (unpaired) electrons. The SMILES string of the molecule is O=c1cc[nH]cc1S(=O)(=O)NCCCCC(F)(F)F. The van der Waals surface area contributed by atoms with Gasteiger partial charge in [0.1, 0.15) is 4.90 Å². The van der Waals surface area contributed by atoms with E-state index in [-0.39, 0.29) is 19.4 Å². The van der Waals surface area contributed by atoms with Crippen LogP contribution < -0.4 is 10.2 Å². The molecule has 1 heterocycles. The lowest BCUT2D eigenvalue weighted by Gasteiger charge is -2.07. The Morgan fingerprint density at radius 1 is 1.26 bits per heavy atom. The van der Waals surface area contributed by atoms with Crippen molar-refractivity contribution in [1.29, 1.82) is 0 Å². The Morgan fingerprint density at radius 2 is 1.95 bits per heavy atom. The van der Waals surface area contributed by atoms with Crippen LogP contribution in [-0.2, 0) is 10.0 Å². The van der Waals surface area contributed by atoms with Crippen LogP contribution in [0.3, 0.4) is 0 Å². The molecule has 0 amide bonds. The van der Waals surface area contributed by atoms with Crippen molar-refractivity contribution in [3.63, 3.8) is 0 Å². The molecular formula is C10H13F3N2O3S. The van der Waals surface area contributed by atoms with Gasteiger partial charge in [0.2, 0.25) is 15.5 Å². The van der Waals surface area contributed by atoms with Crippen LogP contribution in [0.2, 0.25) is 0 Å². The third kappa shape index (κ3) is 5.43. The fraction of sp³-hybridized carbons (Fsp3) is 0.500. The number of nitrogens with one attached hydrogen (secondary N) is 2. The Balaban J connectivity index is 2.49. The molecule has 0 saturated heterocycles. The highest BCUT2D eigenvalue weighted by molar-refractivity contribution is 7.89. The molecule has 108 valence electrons. The molecule has 1 aromatic heterocycles. The maximum Gasteiger partial charge on any atom is 0.389 e. The molecule has 1 aromatic rings. The first kappa shape index (κ1) is 15.7. The zero-order chi connectivity index (χ0) is 14.5. The molecule has 0 aliphatic heterocycles. The molecule has 0 aromatic carbocycles. The van der Waals surface area contributed by atoms with Gasteiger partial charge in [0.05, 0.1) is 0 Å². The monoisotopic (exact) mass is 298 g/mol. The largest absolute Gasteiger partial charge is 0.389 e. The fourth-order valence-electron chi connectivity index (χ4n) is 1.35. The van der Waals surface area contributed by atoms with Crippen LogP contribution >= 0.6 is 0 Å². The number of sulfonamides is 1. The highest BCUT2D eigenvalue weighted by atomic mass is 32.2. The van der Waals surface area contributed by atoms with Gasteiger partial charge in [0.15, 0.2) is 0 Å². The first-order chi connectivity index (χ1) is 8.72. The molecule has 0 saturated carbocycles. The number of unbranched alkanes of at least 4 members (excludes halogenated alkanes) is 1. The Labute approximate surface area is 107 Å². The van der Waals surface area contributed by atoms with Crippen molar-refractivity contribution < 1.29 is 21.6 Å². The van der Waals surface area contributed by atoms with E-state index in [1.165, 1.54) is 6.20 Å². The smallest absolute Gasteiger partial charge is 0.366 e. The number of H-pyrrole nitrogens is 1. The molecule has 2 N–H and O–H groups in total. The van der Waals surface area contributed by atoms with Crippen molar-refractivity contribution in [3.05, 3.63) is 28.7 Å². The van der Waals surface area contributed by atoms with Gasteiger partial charge in [0.25, 0.3) is 0 Å². The molecule has 1 rings (SSSR count). The Kier molecular flexibility index (Phi) is 5.12. The molecule has 9 heteroatoms. The summed E-state index contributed by atoms with van der Waals surface area (Å²) >= 11 is 0. The predicted octanol–water partition coefficient (Wildman–Crippen LogP) is 1.39. The van der Waals surface area contributed by atoms with Crippen molar-refractivity contribution >= 4 is 10.0 Å². The minimum Gasteiger partial charge on any atom is -0.366 e. The minimum atomic E-state index is -4.24. The van der Waals surface area contributed by atoms with Gasteiger partial charge in [-0.25, -0.2) is 13.1 Å². The van der Waals surface area contributed by atoms with Gasteiger partial charge in [0, 0.05) is 31.4 Å². The van der Waals surface area contributed by atoms with Crippen LogP contribution in [0.4, 0.5) is 13.2 Å². The number of halogens is 3. The molecular weight excluding hydrogens is 285 g/mol. The Morgan fingerprint density at radius 3 is 2.53 bits per heavy atom. The average molecular weight is 298 g/mol. The third-order valence-electron chi connectivity index (χ3n) is 2.26. The number of aromatic nitrogens is 1. The minimum absolute atomic E-state index is 0.0451. The van der Waals surface area contributed by atoms with Gasteiger partial charge < -0.3 is 4.98 Å². The van der Waals surface area contributed by atoms with Crippen LogP contribution in [0.15, 0.2) is 28.2 Å². The van der Waals surface area contributed by atoms with Gasteiger partial charge in [-0.15, -0.1) is 0 Å². The van der Waals surface area contributed by atoms with Crippen molar-refractivity contribution in [2.75, 3.05) is 6.54 Å². The van der Waals surface area contributed by atoms with Crippen molar-refractivity contribution in [3.8, 4) is 0 Å². The van der Waals surface area contributed by atoms with Crippen LogP contribution in [0, 0.1) is 0 Å². The summed E-state index contributed by atoms with van der Waals surface area (Å²) in [5, 5.41) is 0. The zero-order valence-electron chi connectivity index (χ0n) is 9.83. The third-order valence-corrected chi connectivity index (χ3v) is 3.74. The fourth-order valence-corrected chi connectivity index (χ4v) is 2.47. The molecule has 0 unspecified atom stereocenters. The summed E-state index contributed by atoms with van der Waals surface area (Å²) in [4.78, 5) is 13.3. The van der Waals surface area contributed by atoms with Crippen LogP contribution in [0.5, 0.6) is 0 Å². The number of hydrogen-bond acceptors (Lipinski definition) is 3. The number of pyridine rings is 1. The quantitative estimate of drug-likeness (QED) is 0.779. The van der Waals surface area contributed by atoms with Crippen molar-refractivity contribution in [2.24, 2.45) is 0 Å². The van der Waals surface area contributed by atoms with Gasteiger partial charge in [-0.05, 0) is 12.8 Å². The molecule has 0 spiro atoms. The van der Waals surface area contributed by atoms with Gasteiger partial charge in [-0.2, -0.15) is 13.2 Å². The summed E-state index contributed by atoms with van der Waals surface area (Å²) in [6.45, 7) is -0.146. The molecule has 19 heavy (non-hydrogen) atoms. The lowest BCUT2D eigenvalue weighted by molar-refractivity contribution is -0.135. The second-order valence-corrected chi connectivity index (χ2v) is 5.58.